The van der Waals surface area contributed by atoms with Gasteiger partial charge in [-0.15, -0.1) is 0 Å². The second kappa shape index (κ2) is 7.38. The molecule has 2 aliphatic rings. The molecule has 0 N–H and O–H groups in total. The van der Waals surface area contributed by atoms with Crippen molar-refractivity contribution in [1.82, 2.24) is 24.6 Å². The molecule has 29 heavy (non-hydrogen) atoms. The third-order valence-corrected chi connectivity index (χ3v) is 6.47. The van der Waals surface area contributed by atoms with Gasteiger partial charge in [-0.25, -0.2) is 9.67 Å². The van der Waals surface area contributed by atoms with Crippen LogP contribution in [0.2, 0.25) is 0 Å². The number of pyridine rings is 1. The van der Waals surface area contributed by atoms with Crippen LogP contribution in [-0.2, 0) is 5.54 Å². The largest absolute Gasteiger partial charge is 0.337 e. The van der Waals surface area contributed by atoms with Crippen LogP contribution < -0.4 is 0 Å². The minimum atomic E-state index is -0.177. The number of hydrogen-bond donors (Lipinski definition) is 0. The van der Waals surface area contributed by atoms with E-state index in [1.807, 2.05) is 16.5 Å². The van der Waals surface area contributed by atoms with E-state index in [0.717, 1.165) is 60.6 Å². The number of carbonyl (C=O) groups excluding carboxylic acids is 1. The Labute approximate surface area is 174 Å². The summed E-state index contributed by atoms with van der Waals surface area (Å²) >= 11 is 0. The maximum absolute atomic E-state index is 13.7. The Bertz CT molecular complexity index is 917. The maximum atomic E-state index is 13.7. The molecular formula is C23H35N5O. The summed E-state index contributed by atoms with van der Waals surface area (Å²) in [6, 6.07) is 2.53. The Balaban J connectivity index is 1.75. The molecule has 6 heteroatoms. The van der Waals surface area contributed by atoms with Crippen molar-refractivity contribution >= 4 is 16.9 Å². The molecule has 6 nitrogen and oxygen atoms in total. The van der Waals surface area contributed by atoms with E-state index in [9.17, 15) is 4.79 Å². The van der Waals surface area contributed by atoms with E-state index in [-0.39, 0.29) is 11.4 Å². The molecule has 1 unspecified atom stereocenters. The van der Waals surface area contributed by atoms with Crippen LogP contribution in [0.4, 0.5) is 0 Å². The second-order valence-corrected chi connectivity index (χ2v) is 9.65. The molecule has 1 amide bonds. The van der Waals surface area contributed by atoms with Gasteiger partial charge in [0, 0.05) is 30.7 Å². The third kappa shape index (κ3) is 3.67. The molecule has 0 bridgehead atoms. The lowest BCUT2D eigenvalue weighted by molar-refractivity contribution is 0.0779. The zero-order chi connectivity index (χ0) is 20.9. The van der Waals surface area contributed by atoms with E-state index in [1.165, 1.54) is 12.8 Å². The Hall–Kier alpha value is -1.95. The van der Waals surface area contributed by atoms with E-state index < -0.39 is 0 Å². The van der Waals surface area contributed by atoms with Crippen molar-refractivity contribution in [3.63, 3.8) is 0 Å². The number of likely N-dealkylation sites (tertiary alicyclic amines) is 1. The molecule has 0 radical (unpaired) electrons. The van der Waals surface area contributed by atoms with Crippen LogP contribution in [0, 0.1) is 6.92 Å². The average Bonchev–Trinajstić information content (AvgIpc) is 3.32. The van der Waals surface area contributed by atoms with Gasteiger partial charge in [-0.3, -0.25) is 9.69 Å². The predicted octanol–water partition coefficient (Wildman–Crippen LogP) is 3.93. The van der Waals surface area contributed by atoms with Crippen molar-refractivity contribution in [2.45, 2.75) is 78.3 Å². The normalized spacial score (nSPS) is 20.2. The van der Waals surface area contributed by atoms with Crippen molar-refractivity contribution in [3.05, 3.63) is 23.0 Å². The molecule has 3 heterocycles. The molecule has 1 aliphatic carbocycles. The lowest BCUT2D eigenvalue weighted by atomic mass is 10.1. The topological polar surface area (TPSA) is 54.3 Å². The van der Waals surface area contributed by atoms with Crippen LogP contribution >= 0.6 is 0 Å². The summed E-state index contributed by atoms with van der Waals surface area (Å²) in [7, 11) is 0. The summed E-state index contributed by atoms with van der Waals surface area (Å²) in [5.74, 6) is 0.641. The van der Waals surface area contributed by atoms with Crippen molar-refractivity contribution in [2.24, 2.45) is 0 Å². The van der Waals surface area contributed by atoms with Gasteiger partial charge in [0.1, 0.15) is 0 Å². The van der Waals surface area contributed by atoms with Gasteiger partial charge >= 0.3 is 0 Å². The van der Waals surface area contributed by atoms with E-state index in [0.29, 0.717) is 12.0 Å². The Morgan fingerprint density at radius 1 is 1.21 bits per heavy atom. The van der Waals surface area contributed by atoms with Gasteiger partial charge in [-0.1, -0.05) is 13.8 Å². The number of aryl methyl sites for hydroxylation is 1. The fourth-order valence-corrected chi connectivity index (χ4v) is 4.67. The van der Waals surface area contributed by atoms with Crippen molar-refractivity contribution in [2.75, 3.05) is 26.2 Å². The number of rotatable bonds is 5. The molecule has 0 spiro atoms. The first kappa shape index (κ1) is 20.3. The number of likely N-dealkylation sites (N-methyl/N-ethyl adjacent to an activating group) is 1. The molecule has 0 aromatic carbocycles. The van der Waals surface area contributed by atoms with Gasteiger partial charge in [0.15, 0.2) is 5.65 Å². The molecule has 1 saturated heterocycles. The minimum absolute atomic E-state index is 0.144. The predicted molar refractivity (Wildman–Crippen MR) is 116 cm³/mol. The van der Waals surface area contributed by atoms with Gasteiger partial charge in [-0.2, -0.15) is 5.10 Å². The summed E-state index contributed by atoms with van der Waals surface area (Å²) < 4.78 is 2.00. The molecule has 1 saturated carbocycles. The van der Waals surface area contributed by atoms with E-state index in [4.69, 9.17) is 10.1 Å². The van der Waals surface area contributed by atoms with Gasteiger partial charge in [0.2, 0.25) is 0 Å². The van der Waals surface area contributed by atoms with Gasteiger partial charge < -0.3 is 4.90 Å². The highest BCUT2D eigenvalue weighted by atomic mass is 16.2. The molecule has 4 rings (SSSR count). The van der Waals surface area contributed by atoms with Gasteiger partial charge in [-0.05, 0) is 66.1 Å². The molecular weight excluding hydrogens is 362 g/mol. The maximum Gasteiger partial charge on any atom is 0.254 e. The average molecular weight is 398 g/mol. The second-order valence-electron chi connectivity index (χ2n) is 9.65. The van der Waals surface area contributed by atoms with E-state index in [1.54, 1.807) is 0 Å². The minimum Gasteiger partial charge on any atom is -0.337 e. The van der Waals surface area contributed by atoms with Gasteiger partial charge in [0.05, 0.1) is 22.2 Å². The van der Waals surface area contributed by atoms with Crippen LogP contribution in [-0.4, -0.2) is 62.7 Å². The van der Waals surface area contributed by atoms with Crippen LogP contribution in [0.15, 0.2) is 6.07 Å². The van der Waals surface area contributed by atoms with Crippen LogP contribution in [0.1, 0.15) is 81.5 Å². The van der Waals surface area contributed by atoms with Crippen LogP contribution in [0.5, 0.6) is 0 Å². The highest BCUT2D eigenvalue weighted by molar-refractivity contribution is 6.06. The molecule has 1 atom stereocenters. The van der Waals surface area contributed by atoms with Crippen LogP contribution in [0.3, 0.4) is 0 Å². The van der Waals surface area contributed by atoms with Crippen molar-refractivity contribution in [3.8, 4) is 0 Å². The lowest BCUT2D eigenvalue weighted by Gasteiger charge is -2.26. The smallest absolute Gasteiger partial charge is 0.254 e. The fourth-order valence-electron chi connectivity index (χ4n) is 4.67. The Morgan fingerprint density at radius 3 is 2.48 bits per heavy atom. The first-order valence-electron chi connectivity index (χ1n) is 11.2. The van der Waals surface area contributed by atoms with E-state index >= 15 is 0 Å². The first-order valence-corrected chi connectivity index (χ1v) is 11.2. The number of fused-ring (bicyclic) bond motifs is 1. The van der Waals surface area contributed by atoms with Crippen molar-refractivity contribution in [1.29, 1.82) is 0 Å². The Kier molecular flexibility index (Phi) is 5.18. The number of nitrogens with zero attached hydrogens (tertiary/aromatic N) is 5. The number of carbonyl (C=O) groups is 1. The number of amides is 1. The lowest BCUT2D eigenvalue weighted by Crippen LogP contribution is -2.38. The summed E-state index contributed by atoms with van der Waals surface area (Å²) in [6.07, 6.45) is 3.39. The monoisotopic (exact) mass is 397 g/mol. The molecule has 2 aromatic heterocycles. The first-order chi connectivity index (χ1) is 13.7. The zero-order valence-corrected chi connectivity index (χ0v) is 18.8. The standard InChI is InChI=1S/C23H35N5O/c1-7-26(8-2)17-11-12-27(14-17)22(29)18-13-19(16-9-10-16)24-21-20(18)15(3)25-28(21)23(4,5)6/h13,16-17H,7-12,14H2,1-6H3. The quantitative estimate of drug-likeness (QED) is 0.767. The zero-order valence-electron chi connectivity index (χ0n) is 18.8. The summed E-state index contributed by atoms with van der Waals surface area (Å²) in [5, 5.41) is 5.73. The number of hydrogen-bond acceptors (Lipinski definition) is 4. The summed E-state index contributed by atoms with van der Waals surface area (Å²) in [5.41, 5.74) is 3.44. The van der Waals surface area contributed by atoms with Crippen molar-refractivity contribution < 1.29 is 4.79 Å². The summed E-state index contributed by atoms with van der Waals surface area (Å²) in [6.45, 7) is 16.5. The number of aromatic nitrogens is 3. The third-order valence-electron chi connectivity index (χ3n) is 6.47. The molecule has 1 aliphatic heterocycles. The highest BCUT2D eigenvalue weighted by Crippen LogP contribution is 2.41. The van der Waals surface area contributed by atoms with Gasteiger partial charge in [0.25, 0.3) is 5.91 Å². The summed E-state index contributed by atoms with van der Waals surface area (Å²) in [4.78, 5) is 23.2. The fraction of sp³-hybridized carbons (Fsp3) is 0.696. The molecule has 2 fully saturated rings. The van der Waals surface area contributed by atoms with E-state index in [2.05, 4.69) is 45.6 Å². The molecule has 2 aromatic rings. The molecule has 158 valence electrons. The SMILES string of the molecule is CCN(CC)C1CCN(C(=O)c2cc(C3CC3)nc3c2c(C)nn3C(C)(C)C)C1. The van der Waals surface area contributed by atoms with Crippen LogP contribution in [0.25, 0.3) is 11.0 Å². The highest BCUT2D eigenvalue weighted by Gasteiger charge is 2.34. The Morgan fingerprint density at radius 2 is 1.90 bits per heavy atom.